The van der Waals surface area contributed by atoms with Crippen molar-refractivity contribution in [2.24, 2.45) is 0 Å². The number of ether oxygens (including phenoxy) is 1. The van der Waals surface area contributed by atoms with Crippen LogP contribution in [0.2, 0.25) is 5.02 Å². The maximum Gasteiger partial charge on any atom is 0.341 e. The number of halogens is 1. The molecule has 1 aliphatic carbocycles. The predicted octanol–water partition coefficient (Wildman–Crippen LogP) is 10.1. The number of carbonyl (C=O) groups is 4. The monoisotopic (exact) mass is 777 g/mol. The van der Waals surface area contributed by atoms with Crippen LogP contribution in [0.15, 0.2) is 120 Å². The van der Waals surface area contributed by atoms with Gasteiger partial charge in [-0.1, -0.05) is 97.2 Å². The van der Waals surface area contributed by atoms with Crippen molar-refractivity contribution in [3.05, 3.63) is 153 Å². The highest BCUT2D eigenvalue weighted by molar-refractivity contribution is 8.00. The molecular weight excluding hydrogens is 738 g/mol. The van der Waals surface area contributed by atoms with Crippen molar-refractivity contribution in [3.8, 4) is 0 Å². The summed E-state index contributed by atoms with van der Waals surface area (Å²) in [7, 11) is 0. The van der Waals surface area contributed by atoms with E-state index in [1.165, 1.54) is 29.2 Å². The van der Waals surface area contributed by atoms with Crippen LogP contribution in [-0.4, -0.2) is 30.3 Å². The van der Waals surface area contributed by atoms with Crippen LogP contribution in [0.4, 0.5) is 10.7 Å². The Balaban J connectivity index is 1.26. The molecule has 3 N–H and O–H groups in total. The summed E-state index contributed by atoms with van der Waals surface area (Å²) in [6, 6.07) is 32.2. The van der Waals surface area contributed by atoms with E-state index in [1.54, 1.807) is 79.7 Å². The molecule has 6 rings (SSSR count). The van der Waals surface area contributed by atoms with E-state index in [2.05, 4.69) is 16.0 Å². The van der Waals surface area contributed by atoms with E-state index in [1.807, 2.05) is 36.4 Å². The summed E-state index contributed by atoms with van der Waals surface area (Å²) >= 11 is 9.20. The summed E-state index contributed by atoms with van der Waals surface area (Å²) < 4.78 is 5.47. The Morgan fingerprint density at radius 2 is 1.54 bits per heavy atom. The standard InChI is InChI=1S/C43H40ClN3O5S2/c1-2-52-43(51)37-33-23-11-3-4-12-25-36(33)54-42(37)47-41(50)38(28-16-7-5-8-17-28)53-32-22-15-21-31(27-32)45-40(49)35(26-30-20-13-14-24-34(30)44)46-39(48)29-18-9-6-10-19-29/h5-10,13-22,24,26-27,38H,2-4,11-12,23,25H2,1H3,(H,45,49)(H,46,48)(H,47,50)/b35-26+. The zero-order valence-corrected chi connectivity index (χ0v) is 32.1. The lowest BCUT2D eigenvalue weighted by atomic mass is 9.96. The number of thiophene rings is 1. The molecule has 11 heteroatoms. The van der Waals surface area contributed by atoms with Crippen molar-refractivity contribution in [1.82, 2.24) is 5.32 Å². The summed E-state index contributed by atoms with van der Waals surface area (Å²) in [5.41, 5.74) is 3.63. The molecule has 1 aliphatic rings. The number of nitrogens with one attached hydrogen (secondary N) is 3. The SMILES string of the molecule is CCOC(=O)c1c(NC(=O)C(Sc2cccc(NC(=O)/C(=C\c3ccccc3Cl)NC(=O)c3ccccc3)c2)c2ccccc2)sc2c1CCCCCC2. The zero-order chi connectivity index (χ0) is 37.9. The molecule has 0 saturated carbocycles. The molecule has 0 saturated heterocycles. The smallest absolute Gasteiger partial charge is 0.341 e. The maximum absolute atomic E-state index is 14.3. The number of benzene rings is 4. The summed E-state index contributed by atoms with van der Waals surface area (Å²) in [4.78, 5) is 56.3. The van der Waals surface area contributed by atoms with Crippen molar-refractivity contribution < 1.29 is 23.9 Å². The van der Waals surface area contributed by atoms with E-state index in [4.69, 9.17) is 16.3 Å². The van der Waals surface area contributed by atoms with Crippen LogP contribution in [0.5, 0.6) is 0 Å². The number of aryl methyl sites for hydroxylation is 1. The van der Waals surface area contributed by atoms with Gasteiger partial charge in [0.2, 0.25) is 5.91 Å². The molecule has 1 atom stereocenters. The highest BCUT2D eigenvalue weighted by Gasteiger charge is 2.29. The van der Waals surface area contributed by atoms with Gasteiger partial charge in [0.1, 0.15) is 15.9 Å². The van der Waals surface area contributed by atoms with Crippen molar-refractivity contribution in [3.63, 3.8) is 0 Å². The lowest BCUT2D eigenvalue weighted by Gasteiger charge is -2.18. The Morgan fingerprint density at radius 3 is 2.28 bits per heavy atom. The Hall–Kier alpha value is -5.16. The minimum absolute atomic E-state index is 0.000922. The Bertz CT molecular complexity index is 2150. The van der Waals surface area contributed by atoms with Gasteiger partial charge in [-0.15, -0.1) is 23.1 Å². The van der Waals surface area contributed by atoms with Crippen LogP contribution >= 0.6 is 34.7 Å². The largest absolute Gasteiger partial charge is 0.462 e. The van der Waals surface area contributed by atoms with Gasteiger partial charge >= 0.3 is 5.97 Å². The normalized spacial score (nSPS) is 13.4. The molecule has 0 radical (unpaired) electrons. The maximum atomic E-state index is 14.3. The number of anilines is 2. The fourth-order valence-electron chi connectivity index (χ4n) is 6.18. The van der Waals surface area contributed by atoms with Gasteiger partial charge in [-0.25, -0.2) is 4.79 Å². The first-order chi connectivity index (χ1) is 26.3. The number of hydrogen-bond acceptors (Lipinski definition) is 7. The lowest BCUT2D eigenvalue weighted by Crippen LogP contribution is -2.30. The van der Waals surface area contributed by atoms with E-state index in [9.17, 15) is 19.2 Å². The van der Waals surface area contributed by atoms with Crippen molar-refractivity contribution in [2.45, 2.75) is 55.6 Å². The number of amides is 3. The number of rotatable bonds is 12. The second kappa shape index (κ2) is 18.7. The molecule has 0 bridgehead atoms. The van der Waals surface area contributed by atoms with Crippen LogP contribution in [0.25, 0.3) is 6.08 Å². The van der Waals surface area contributed by atoms with Crippen LogP contribution < -0.4 is 16.0 Å². The number of thioether (sulfide) groups is 1. The summed E-state index contributed by atoms with van der Waals surface area (Å²) in [5, 5.41) is 9.00. The van der Waals surface area contributed by atoms with E-state index in [0.717, 1.165) is 54.5 Å². The van der Waals surface area contributed by atoms with Crippen molar-refractivity contribution >= 4 is 75.2 Å². The fourth-order valence-corrected chi connectivity index (χ4v) is 8.73. The highest BCUT2D eigenvalue weighted by Crippen LogP contribution is 2.41. The van der Waals surface area contributed by atoms with Crippen LogP contribution in [0, 0.1) is 0 Å². The Labute approximate surface area is 328 Å². The third-order valence-corrected chi connectivity index (χ3v) is 11.6. The number of fused-ring (bicyclic) bond motifs is 1. The van der Waals surface area contributed by atoms with Gasteiger partial charge in [-0.05, 0) is 91.8 Å². The Morgan fingerprint density at radius 1 is 0.833 bits per heavy atom. The third-order valence-electron chi connectivity index (χ3n) is 8.81. The molecule has 5 aromatic rings. The third kappa shape index (κ3) is 9.87. The molecule has 4 aromatic carbocycles. The molecule has 1 heterocycles. The highest BCUT2D eigenvalue weighted by atomic mass is 35.5. The molecule has 3 amide bonds. The number of esters is 1. The van der Waals surface area contributed by atoms with Gasteiger partial charge in [0.05, 0.1) is 12.2 Å². The molecule has 54 heavy (non-hydrogen) atoms. The minimum atomic E-state index is -0.697. The lowest BCUT2D eigenvalue weighted by molar-refractivity contribution is -0.116. The van der Waals surface area contributed by atoms with Crippen LogP contribution in [0.3, 0.4) is 0 Å². The van der Waals surface area contributed by atoms with Gasteiger partial charge in [0.25, 0.3) is 11.8 Å². The average molecular weight is 778 g/mol. The average Bonchev–Trinajstić information content (AvgIpc) is 3.50. The summed E-state index contributed by atoms with van der Waals surface area (Å²) in [6.07, 6.45) is 7.43. The zero-order valence-electron chi connectivity index (χ0n) is 29.7. The molecule has 276 valence electrons. The van der Waals surface area contributed by atoms with E-state index in [-0.39, 0.29) is 18.2 Å². The minimum Gasteiger partial charge on any atom is -0.462 e. The molecule has 1 unspecified atom stereocenters. The van der Waals surface area contributed by atoms with E-state index < -0.39 is 23.0 Å². The second-order valence-corrected chi connectivity index (χ2v) is 15.3. The van der Waals surface area contributed by atoms with Gasteiger partial charge in [0, 0.05) is 26.0 Å². The summed E-state index contributed by atoms with van der Waals surface area (Å²) in [6.45, 7) is 2.02. The molecule has 0 aliphatic heterocycles. The van der Waals surface area contributed by atoms with Gasteiger partial charge in [-0.2, -0.15) is 0 Å². The molecule has 8 nitrogen and oxygen atoms in total. The van der Waals surface area contributed by atoms with E-state index in [0.29, 0.717) is 37.3 Å². The molecule has 0 spiro atoms. The molecule has 0 fully saturated rings. The van der Waals surface area contributed by atoms with Crippen LogP contribution in [0.1, 0.15) is 80.1 Å². The van der Waals surface area contributed by atoms with Gasteiger partial charge in [0.15, 0.2) is 0 Å². The van der Waals surface area contributed by atoms with Gasteiger partial charge < -0.3 is 20.7 Å². The first kappa shape index (κ1) is 38.6. The summed E-state index contributed by atoms with van der Waals surface area (Å²) in [5.74, 6) is -1.71. The Kier molecular flexibility index (Phi) is 13.4. The number of hydrogen-bond donors (Lipinski definition) is 3. The quantitative estimate of drug-likeness (QED) is 0.0661. The van der Waals surface area contributed by atoms with Crippen molar-refractivity contribution in [1.29, 1.82) is 0 Å². The fraction of sp³-hybridized carbons (Fsp3) is 0.209. The van der Waals surface area contributed by atoms with E-state index >= 15 is 0 Å². The first-order valence-corrected chi connectivity index (χ1v) is 20.0. The second-order valence-electron chi connectivity index (χ2n) is 12.6. The first-order valence-electron chi connectivity index (χ1n) is 17.9. The van der Waals surface area contributed by atoms with Crippen LogP contribution in [-0.2, 0) is 27.2 Å². The molecular formula is C43H40ClN3O5S2. The topological polar surface area (TPSA) is 114 Å². The number of carbonyl (C=O) groups excluding carboxylic acids is 4. The van der Waals surface area contributed by atoms with Crippen molar-refractivity contribution in [2.75, 3.05) is 17.2 Å². The van der Waals surface area contributed by atoms with Gasteiger partial charge in [-0.3, -0.25) is 14.4 Å². The predicted molar refractivity (Wildman–Crippen MR) is 218 cm³/mol. The molecule has 1 aromatic heterocycles.